The fraction of sp³-hybridized carbons (Fsp3) is 0.909. The van der Waals surface area contributed by atoms with Crippen LogP contribution in [0.4, 0.5) is 4.39 Å². The number of hydrogen-bond donors (Lipinski definition) is 2. The van der Waals surface area contributed by atoms with Gasteiger partial charge in [0.2, 0.25) is 0 Å². The number of aliphatic hydroxyl groups excluding tert-OH is 1. The minimum atomic E-state index is -0.835. The van der Waals surface area contributed by atoms with Crippen molar-refractivity contribution in [1.29, 1.82) is 0 Å². The first-order chi connectivity index (χ1) is 7.60. The van der Waals surface area contributed by atoms with E-state index in [1.165, 1.54) is 0 Å². The zero-order chi connectivity index (χ0) is 12.1. The Balaban J connectivity index is 2.59. The summed E-state index contributed by atoms with van der Waals surface area (Å²) in [5, 5.41) is 18.7. The van der Waals surface area contributed by atoms with Crippen molar-refractivity contribution in [2.75, 3.05) is 19.8 Å². The van der Waals surface area contributed by atoms with E-state index in [2.05, 4.69) is 0 Å². The lowest BCUT2D eigenvalue weighted by Crippen LogP contribution is -2.50. The minimum Gasteiger partial charge on any atom is -0.480 e. The third kappa shape index (κ3) is 3.15. The van der Waals surface area contributed by atoms with Crippen LogP contribution in [0.25, 0.3) is 0 Å². The number of carbonyl (C=O) groups is 1. The molecule has 1 rings (SSSR count). The molecule has 0 aliphatic carbocycles. The molecule has 3 atom stereocenters. The van der Waals surface area contributed by atoms with Crippen LogP contribution in [0.2, 0.25) is 0 Å². The van der Waals surface area contributed by atoms with Crippen molar-refractivity contribution in [3.8, 4) is 0 Å². The molecule has 0 bridgehead atoms. The molecule has 0 spiro atoms. The Labute approximate surface area is 95.1 Å². The lowest BCUT2D eigenvalue weighted by atomic mass is 9.91. The van der Waals surface area contributed by atoms with Gasteiger partial charge in [0.15, 0.2) is 0 Å². The van der Waals surface area contributed by atoms with Gasteiger partial charge >= 0.3 is 5.97 Å². The third-order valence-corrected chi connectivity index (χ3v) is 3.32. The highest BCUT2D eigenvalue weighted by molar-refractivity contribution is 5.73. The molecule has 1 aliphatic heterocycles. The molecular weight excluding hydrogens is 213 g/mol. The zero-order valence-electron chi connectivity index (χ0n) is 9.60. The van der Waals surface area contributed by atoms with Gasteiger partial charge in [-0.25, -0.2) is 0 Å². The molecular formula is C11H20FNO3. The van der Waals surface area contributed by atoms with Gasteiger partial charge in [0.25, 0.3) is 0 Å². The monoisotopic (exact) mass is 233 g/mol. The van der Waals surface area contributed by atoms with Crippen LogP contribution in [0.15, 0.2) is 0 Å². The summed E-state index contributed by atoms with van der Waals surface area (Å²) in [4.78, 5) is 12.8. The van der Waals surface area contributed by atoms with Gasteiger partial charge in [-0.2, -0.15) is 0 Å². The van der Waals surface area contributed by atoms with Crippen LogP contribution in [0.3, 0.4) is 0 Å². The average molecular weight is 233 g/mol. The number of aliphatic hydroxyl groups is 1. The van der Waals surface area contributed by atoms with E-state index in [4.69, 9.17) is 5.11 Å². The third-order valence-electron chi connectivity index (χ3n) is 3.32. The summed E-state index contributed by atoms with van der Waals surface area (Å²) >= 11 is 0. The first kappa shape index (κ1) is 13.4. The lowest BCUT2D eigenvalue weighted by Gasteiger charge is -2.38. The summed E-state index contributed by atoms with van der Waals surface area (Å²) in [6.07, 6.45) is 0.897. The van der Waals surface area contributed by atoms with Crippen molar-refractivity contribution < 1.29 is 19.4 Å². The Morgan fingerprint density at radius 1 is 1.62 bits per heavy atom. The van der Waals surface area contributed by atoms with Gasteiger partial charge in [-0.05, 0) is 19.3 Å². The van der Waals surface area contributed by atoms with Gasteiger partial charge in [0, 0.05) is 19.0 Å². The van der Waals surface area contributed by atoms with Crippen molar-refractivity contribution in [3.05, 3.63) is 0 Å². The number of carboxylic acid groups (broad SMARTS) is 1. The maximum atomic E-state index is 12.3. The number of rotatable bonds is 5. The first-order valence-corrected chi connectivity index (χ1v) is 5.81. The van der Waals surface area contributed by atoms with Gasteiger partial charge in [-0.15, -0.1) is 0 Å². The van der Waals surface area contributed by atoms with Crippen molar-refractivity contribution in [1.82, 2.24) is 4.90 Å². The van der Waals surface area contributed by atoms with Gasteiger partial charge < -0.3 is 10.2 Å². The van der Waals surface area contributed by atoms with Gasteiger partial charge in [0.1, 0.15) is 6.04 Å². The highest BCUT2D eigenvalue weighted by atomic mass is 19.1. The van der Waals surface area contributed by atoms with Crippen LogP contribution in [-0.4, -0.2) is 53.0 Å². The Bertz CT molecular complexity index is 237. The zero-order valence-corrected chi connectivity index (χ0v) is 9.60. The van der Waals surface area contributed by atoms with E-state index in [0.29, 0.717) is 32.4 Å². The molecule has 0 aromatic heterocycles. The molecule has 1 fully saturated rings. The molecule has 0 amide bonds. The normalized spacial score (nSPS) is 28.9. The van der Waals surface area contributed by atoms with Crippen LogP contribution in [0.1, 0.15) is 26.2 Å². The van der Waals surface area contributed by atoms with Gasteiger partial charge in [-0.3, -0.25) is 14.1 Å². The van der Waals surface area contributed by atoms with Crippen molar-refractivity contribution in [2.45, 2.75) is 38.3 Å². The second kappa shape index (κ2) is 6.15. The summed E-state index contributed by atoms with van der Waals surface area (Å²) < 4.78 is 12.3. The Morgan fingerprint density at radius 2 is 2.31 bits per heavy atom. The molecule has 5 heteroatoms. The van der Waals surface area contributed by atoms with Crippen LogP contribution < -0.4 is 0 Å². The predicted molar refractivity (Wildman–Crippen MR) is 58.0 cm³/mol. The molecule has 1 heterocycles. The summed E-state index contributed by atoms with van der Waals surface area (Å²) in [5.41, 5.74) is 0. The van der Waals surface area contributed by atoms with Crippen molar-refractivity contribution >= 4 is 5.97 Å². The number of alkyl halides is 1. The standard InChI is InChI=1S/C11H20FNO3/c1-2-9(11(15)16)13-6-4-10(14)8(7-13)3-5-12/h8-10,14H,2-7H2,1H3,(H,15,16)/t8-,9-,10+/m1/s1. The summed E-state index contributed by atoms with van der Waals surface area (Å²) in [6, 6.07) is -0.505. The largest absolute Gasteiger partial charge is 0.480 e. The SMILES string of the molecule is CC[C@H](C(=O)O)N1CC[C@H](O)[C@H](CCF)C1. The average Bonchev–Trinajstić information content (AvgIpc) is 2.23. The van der Waals surface area contributed by atoms with Crippen molar-refractivity contribution in [2.24, 2.45) is 5.92 Å². The maximum Gasteiger partial charge on any atom is 0.320 e. The molecule has 0 aromatic rings. The highest BCUT2D eigenvalue weighted by Crippen LogP contribution is 2.23. The fourth-order valence-electron chi connectivity index (χ4n) is 2.34. The van der Waals surface area contributed by atoms with E-state index >= 15 is 0 Å². The quantitative estimate of drug-likeness (QED) is 0.740. The molecule has 0 saturated carbocycles. The number of piperidine rings is 1. The van der Waals surface area contributed by atoms with Gasteiger partial charge in [-0.1, -0.05) is 6.92 Å². The first-order valence-electron chi connectivity index (χ1n) is 5.81. The topological polar surface area (TPSA) is 60.8 Å². The smallest absolute Gasteiger partial charge is 0.320 e. The van der Waals surface area contributed by atoms with Crippen LogP contribution in [-0.2, 0) is 4.79 Å². The van der Waals surface area contributed by atoms with Crippen LogP contribution in [0.5, 0.6) is 0 Å². The molecule has 16 heavy (non-hydrogen) atoms. The fourth-order valence-corrected chi connectivity index (χ4v) is 2.34. The Kier molecular flexibility index (Phi) is 5.15. The molecule has 2 N–H and O–H groups in total. The second-order valence-corrected chi connectivity index (χ2v) is 4.35. The summed E-state index contributed by atoms with van der Waals surface area (Å²) in [7, 11) is 0. The number of nitrogens with zero attached hydrogens (tertiary/aromatic N) is 1. The second-order valence-electron chi connectivity index (χ2n) is 4.35. The van der Waals surface area contributed by atoms with Crippen molar-refractivity contribution in [3.63, 3.8) is 0 Å². The van der Waals surface area contributed by atoms with Gasteiger partial charge in [0.05, 0.1) is 12.8 Å². The maximum absolute atomic E-state index is 12.3. The highest BCUT2D eigenvalue weighted by Gasteiger charge is 2.33. The molecule has 0 unspecified atom stereocenters. The molecule has 4 nitrogen and oxygen atoms in total. The van der Waals surface area contributed by atoms with E-state index in [-0.39, 0.29) is 5.92 Å². The molecule has 0 aromatic carbocycles. The van der Waals surface area contributed by atoms with Crippen LogP contribution in [0, 0.1) is 5.92 Å². The summed E-state index contributed by atoms with van der Waals surface area (Å²) in [5.74, 6) is -0.968. The molecule has 1 saturated heterocycles. The van der Waals surface area contributed by atoms with E-state index < -0.39 is 24.8 Å². The lowest BCUT2D eigenvalue weighted by molar-refractivity contribution is -0.145. The predicted octanol–water partition coefficient (Wildman–Crippen LogP) is 0.892. The molecule has 1 aliphatic rings. The number of likely N-dealkylation sites (tertiary alicyclic amines) is 1. The molecule has 0 radical (unpaired) electrons. The Morgan fingerprint density at radius 3 is 2.81 bits per heavy atom. The van der Waals surface area contributed by atoms with E-state index in [9.17, 15) is 14.3 Å². The molecule has 94 valence electrons. The van der Waals surface area contributed by atoms with E-state index in [1.54, 1.807) is 0 Å². The number of aliphatic carboxylic acids is 1. The number of carboxylic acids is 1. The minimum absolute atomic E-state index is 0.132. The number of hydrogen-bond acceptors (Lipinski definition) is 3. The Hall–Kier alpha value is -0.680. The van der Waals surface area contributed by atoms with E-state index in [0.717, 1.165) is 0 Å². The van der Waals surface area contributed by atoms with Crippen LogP contribution >= 0.6 is 0 Å². The van der Waals surface area contributed by atoms with E-state index in [1.807, 2.05) is 11.8 Å². The number of halogens is 1. The summed E-state index contributed by atoms with van der Waals surface area (Å²) in [6.45, 7) is 2.43.